The van der Waals surface area contributed by atoms with Gasteiger partial charge in [-0.25, -0.2) is 8.42 Å². The Morgan fingerprint density at radius 2 is 1.83 bits per heavy atom. The van der Waals surface area contributed by atoms with Crippen molar-refractivity contribution in [2.75, 3.05) is 14.1 Å². The maximum Gasteiger partial charge on any atom is 0.206 e. The summed E-state index contributed by atoms with van der Waals surface area (Å²) in [6, 6.07) is 6.40. The minimum atomic E-state index is -3.51. The maximum atomic E-state index is 12.7. The van der Waals surface area contributed by atoms with Crippen LogP contribution < -0.4 is 10.6 Å². The molecule has 1 aliphatic carbocycles. The molecule has 23 heavy (non-hydrogen) atoms. The van der Waals surface area contributed by atoms with E-state index in [0.29, 0.717) is 17.1 Å². The molecule has 0 fully saturated rings. The predicted molar refractivity (Wildman–Crippen MR) is 91.5 cm³/mol. The zero-order chi connectivity index (χ0) is 17.3. The highest BCUT2D eigenvalue weighted by Crippen LogP contribution is 2.30. The molecule has 6 heteroatoms. The molecule has 1 atom stereocenters. The van der Waals surface area contributed by atoms with E-state index in [2.05, 4.69) is 0 Å². The van der Waals surface area contributed by atoms with Crippen molar-refractivity contribution in [3.8, 4) is 5.75 Å². The first-order valence-corrected chi connectivity index (χ1v) is 8.97. The van der Waals surface area contributed by atoms with Gasteiger partial charge in [-0.1, -0.05) is 12.2 Å². The molecule has 1 unspecified atom stereocenters. The molecular weight excluding hydrogens is 312 g/mol. The fraction of sp³-hybridized carbons (Fsp3) is 0.412. The van der Waals surface area contributed by atoms with Gasteiger partial charge < -0.3 is 10.6 Å². The highest BCUT2D eigenvalue weighted by molar-refractivity contribution is 7.95. The quantitative estimate of drug-likeness (QED) is 0.837. The lowest BCUT2D eigenvalue weighted by Gasteiger charge is -2.29. The van der Waals surface area contributed by atoms with E-state index in [-0.39, 0.29) is 16.4 Å². The smallest absolute Gasteiger partial charge is 0.206 e. The van der Waals surface area contributed by atoms with E-state index in [9.17, 15) is 8.42 Å². The predicted octanol–water partition coefficient (Wildman–Crippen LogP) is 2.51. The second kappa shape index (κ2) is 6.47. The lowest BCUT2D eigenvalue weighted by molar-refractivity contribution is -0.00330. The van der Waals surface area contributed by atoms with Gasteiger partial charge in [-0.2, -0.15) is 5.06 Å². The van der Waals surface area contributed by atoms with E-state index in [4.69, 9.17) is 10.6 Å². The summed E-state index contributed by atoms with van der Waals surface area (Å²) >= 11 is 0. The summed E-state index contributed by atoms with van der Waals surface area (Å²) in [5.74, 6) is 0.726. The second-order valence-electron chi connectivity index (χ2n) is 6.51. The van der Waals surface area contributed by atoms with Crippen molar-refractivity contribution < 1.29 is 13.3 Å². The number of hydroxylamine groups is 2. The molecule has 0 radical (unpaired) electrons. The summed E-state index contributed by atoms with van der Waals surface area (Å²) in [7, 11) is 0.0112. The zero-order valence-corrected chi connectivity index (χ0v) is 14.8. The van der Waals surface area contributed by atoms with Crippen LogP contribution in [0.1, 0.15) is 20.3 Å². The van der Waals surface area contributed by atoms with Crippen molar-refractivity contribution in [3.63, 3.8) is 0 Å². The van der Waals surface area contributed by atoms with Crippen molar-refractivity contribution in [3.05, 3.63) is 47.4 Å². The van der Waals surface area contributed by atoms with Crippen molar-refractivity contribution in [1.82, 2.24) is 5.06 Å². The minimum Gasteiger partial charge on any atom is -0.407 e. The first kappa shape index (κ1) is 17.7. The fourth-order valence-electron chi connectivity index (χ4n) is 2.38. The second-order valence-corrected chi connectivity index (χ2v) is 8.46. The van der Waals surface area contributed by atoms with Gasteiger partial charge in [0.25, 0.3) is 0 Å². The van der Waals surface area contributed by atoms with Gasteiger partial charge in [-0.05, 0) is 56.5 Å². The fourth-order valence-corrected chi connectivity index (χ4v) is 3.72. The third-order valence-electron chi connectivity index (χ3n) is 3.75. The number of hydrogen-bond acceptors (Lipinski definition) is 5. The van der Waals surface area contributed by atoms with E-state index in [1.165, 1.54) is 0 Å². The van der Waals surface area contributed by atoms with E-state index in [1.807, 2.05) is 19.9 Å². The van der Waals surface area contributed by atoms with E-state index in [1.54, 1.807) is 55.6 Å². The molecule has 2 N–H and O–H groups in total. The number of nitrogens with two attached hydrogens (primary N) is 1. The lowest BCUT2D eigenvalue weighted by Crippen LogP contribution is -2.40. The standard InChI is InChI=1S/C17H24N2O3S/c1-17(2,18)13-5-9-15(10-6-13)23(20,21)16-11-7-14(8-12-16)22-19(3)4/h5,7-13H,6,18H2,1-4H3. The number of nitrogens with zero attached hydrogens (tertiary/aromatic N) is 1. The first-order chi connectivity index (χ1) is 10.6. The number of hydrogen-bond donors (Lipinski definition) is 1. The Labute approximate surface area is 138 Å². The third-order valence-corrected chi connectivity index (χ3v) is 5.57. The van der Waals surface area contributed by atoms with Gasteiger partial charge in [-0.3, -0.25) is 0 Å². The summed E-state index contributed by atoms with van der Waals surface area (Å²) < 4.78 is 25.4. The minimum absolute atomic E-state index is 0.136. The van der Waals surface area contributed by atoms with Crippen LogP contribution in [0.2, 0.25) is 0 Å². The molecule has 0 amide bonds. The van der Waals surface area contributed by atoms with Crippen molar-refractivity contribution in [2.45, 2.75) is 30.7 Å². The zero-order valence-electron chi connectivity index (χ0n) is 14.0. The van der Waals surface area contributed by atoms with Crippen LogP contribution >= 0.6 is 0 Å². The molecule has 0 bridgehead atoms. The molecular formula is C17H24N2O3S. The highest BCUT2D eigenvalue weighted by Gasteiger charge is 2.27. The lowest BCUT2D eigenvalue weighted by atomic mass is 9.84. The molecule has 0 spiro atoms. The molecule has 2 rings (SSSR count). The van der Waals surface area contributed by atoms with Gasteiger partial charge in [-0.15, -0.1) is 0 Å². The number of allylic oxidation sites excluding steroid dienone is 2. The first-order valence-electron chi connectivity index (χ1n) is 7.48. The van der Waals surface area contributed by atoms with E-state index < -0.39 is 9.84 Å². The topological polar surface area (TPSA) is 72.6 Å². The molecule has 0 aliphatic heterocycles. The van der Waals surface area contributed by atoms with Gasteiger partial charge in [0.15, 0.2) is 0 Å². The van der Waals surface area contributed by atoms with Crippen LogP contribution in [0.15, 0.2) is 52.3 Å². The number of sulfone groups is 1. The Kier molecular flexibility index (Phi) is 4.98. The van der Waals surface area contributed by atoms with E-state index >= 15 is 0 Å². The maximum absolute atomic E-state index is 12.7. The van der Waals surface area contributed by atoms with Crippen LogP contribution in [0.25, 0.3) is 0 Å². The molecule has 0 saturated carbocycles. The summed E-state index contributed by atoms with van der Waals surface area (Å²) in [6.07, 6.45) is 5.91. The van der Waals surface area contributed by atoms with Crippen LogP contribution in [-0.2, 0) is 9.84 Å². The van der Waals surface area contributed by atoms with Gasteiger partial charge >= 0.3 is 0 Å². The molecule has 1 aliphatic rings. The summed E-state index contributed by atoms with van der Waals surface area (Å²) in [6.45, 7) is 3.89. The van der Waals surface area contributed by atoms with Crippen molar-refractivity contribution in [2.24, 2.45) is 11.7 Å². The Morgan fingerprint density at radius 3 is 2.26 bits per heavy atom. The Balaban J connectivity index is 2.20. The van der Waals surface area contributed by atoms with Crippen LogP contribution in [0.3, 0.4) is 0 Å². The molecule has 0 saturated heterocycles. The van der Waals surface area contributed by atoms with Crippen LogP contribution in [0.5, 0.6) is 5.75 Å². The van der Waals surface area contributed by atoms with Gasteiger partial charge in [0.2, 0.25) is 9.84 Å². The summed E-state index contributed by atoms with van der Waals surface area (Å²) in [5.41, 5.74) is 5.72. The molecule has 126 valence electrons. The SMILES string of the molecule is CN(C)Oc1ccc(S(=O)(=O)C2=CCC(C(C)(C)N)C=C2)cc1. The average Bonchev–Trinajstić information content (AvgIpc) is 2.46. The summed E-state index contributed by atoms with van der Waals surface area (Å²) in [4.78, 5) is 5.95. The van der Waals surface area contributed by atoms with Crippen LogP contribution in [-0.4, -0.2) is 33.1 Å². The molecule has 1 aromatic rings. The largest absolute Gasteiger partial charge is 0.407 e. The average molecular weight is 336 g/mol. The Bertz CT molecular complexity index is 711. The molecule has 0 heterocycles. The normalized spacial score (nSPS) is 18.9. The molecule has 0 aromatic heterocycles. The monoisotopic (exact) mass is 336 g/mol. The van der Waals surface area contributed by atoms with Crippen LogP contribution in [0.4, 0.5) is 0 Å². The van der Waals surface area contributed by atoms with Gasteiger partial charge in [0.05, 0.1) is 9.80 Å². The highest BCUT2D eigenvalue weighted by atomic mass is 32.2. The number of rotatable bonds is 5. The van der Waals surface area contributed by atoms with E-state index in [0.717, 1.165) is 0 Å². The number of benzene rings is 1. The van der Waals surface area contributed by atoms with Gasteiger partial charge in [0.1, 0.15) is 5.75 Å². The van der Waals surface area contributed by atoms with Crippen LogP contribution in [0, 0.1) is 5.92 Å². The van der Waals surface area contributed by atoms with Gasteiger partial charge in [0, 0.05) is 19.6 Å². The molecule has 1 aromatic carbocycles. The Morgan fingerprint density at radius 1 is 1.22 bits per heavy atom. The van der Waals surface area contributed by atoms with Crippen molar-refractivity contribution >= 4 is 9.84 Å². The third kappa shape index (κ3) is 4.22. The summed E-state index contributed by atoms with van der Waals surface area (Å²) in [5, 5.41) is 1.55. The Hall–Kier alpha value is -1.63. The van der Waals surface area contributed by atoms with Crippen molar-refractivity contribution in [1.29, 1.82) is 0 Å². The molecule has 5 nitrogen and oxygen atoms in total.